The van der Waals surface area contributed by atoms with Crippen LogP contribution in [0, 0.1) is 0 Å². The van der Waals surface area contributed by atoms with E-state index in [1.54, 1.807) is 21.3 Å². The Hall–Kier alpha value is -2.16. The molecule has 0 bridgehead atoms. The van der Waals surface area contributed by atoms with Crippen LogP contribution in [0.2, 0.25) is 0 Å². The highest BCUT2D eigenvalue weighted by atomic mass is 127. The minimum absolute atomic E-state index is 0. The summed E-state index contributed by atoms with van der Waals surface area (Å²) in [4.78, 5) is 4.23. The van der Waals surface area contributed by atoms with E-state index in [0.29, 0.717) is 13.2 Å². The minimum atomic E-state index is 0. The zero-order chi connectivity index (χ0) is 19.3. The molecule has 0 fully saturated rings. The monoisotopic (exact) mass is 499 g/mol. The molecule has 2 aromatic carbocycles. The molecule has 6 nitrogen and oxygen atoms in total. The van der Waals surface area contributed by atoms with Crippen molar-refractivity contribution in [2.45, 2.75) is 12.8 Å². The number of benzene rings is 2. The Morgan fingerprint density at radius 2 is 1.36 bits per heavy atom. The van der Waals surface area contributed by atoms with E-state index in [9.17, 15) is 0 Å². The Balaban J connectivity index is 0.00000392. The molecule has 0 amide bonds. The van der Waals surface area contributed by atoms with Crippen LogP contribution >= 0.6 is 24.0 Å². The van der Waals surface area contributed by atoms with Gasteiger partial charge in [0.2, 0.25) is 0 Å². The van der Waals surface area contributed by atoms with Crippen molar-refractivity contribution in [2.75, 3.05) is 41.0 Å². The predicted molar refractivity (Wildman–Crippen MR) is 125 cm³/mol. The lowest BCUT2D eigenvalue weighted by Crippen LogP contribution is -2.39. The molecule has 2 rings (SSSR count). The van der Waals surface area contributed by atoms with Crippen LogP contribution in [-0.2, 0) is 6.42 Å². The molecule has 28 heavy (non-hydrogen) atoms. The van der Waals surface area contributed by atoms with Crippen LogP contribution in [0.25, 0.3) is 0 Å². The van der Waals surface area contributed by atoms with Gasteiger partial charge >= 0.3 is 0 Å². The van der Waals surface area contributed by atoms with Gasteiger partial charge in [0.05, 0.1) is 20.8 Å². The number of ether oxygens (including phenoxy) is 3. The highest BCUT2D eigenvalue weighted by Gasteiger charge is 1.99. The van der Waals surface area contributed by atoms with E-state index in [4.69, 9.17) is 14.2 Å². The van der Waals surface area contributed by atoms with Gasteiger partial charge in [0.25, 0.3) is 0 Å². The van der Waals surface area contributed by atoms with E-state index in [1.807, 2.05) is 36.4 Å². The second-order valence-corrected chi connectivity index (χ2v) is 5.90. The maximum absolute atomic E-state index is 5.69. The van der Waals surface area contributed by atoms with Gasteiger partial charge in [0.15, 0.2) is 5.96 Å². The number of hydrogen-bond acceptors (Lipinski definition) is 4. The summed E-state index contributed by atoms with van der Waals surface area (Å²) >= 11 is 0. The van der Waals surface area contributed by atoms with Crippen LogP contribution in [0.5, 0.6) is 17.2 Å². The van der Waals surface area contributed by atoms with Gasteiger partial charge in [-0.1, -0.05) is 12.1 Å². The highest BCUT2D eigenvalue weighted by molar-refractivity contribution is 14.0. The van der Waals surface area contributed by atoms with Crippen LogP contribution in [-0.4, -0.2) is 46.9 Å². The number of nitrogens with one attached hydrogen (secondary N) is 2. The Labute approximate surface area is 184 Å². The standard InChI is InChI=1S/C21H29N3O3.HI/c1-22-21(23-14-4-5-17-6-8-18(25-2)9-7-17)24-15-16-27-20-12-10-19(26-3)11-13-20;/h6-13H,4-5,14-16H2,1-3H3,(H2,22,23,24);1H. The molecule has 2 aromatic rings. The molecule has 2 N–H and O–H groups in total. The van der Waals surface area contributed by atoms with Gasteiger partial charge in [-0.3, -0.25) is 4.99 Å². The molecule has 0 saturated carbocycles. The van der Waals surface area contributed by atoms with Crippen molar-refractivity contribution >= 4 is 29.9 Å². The first-order valence-electron chi connectivity index (χ1n) is 9.09. The van der Waals surface area contributed by atoms with Crippen LogP contribution < -0.4 is 24.8 Å². The van der Waals surface area contributed by atoms with Crippen molar-refractivity contribution in [3.63, 3.8) is 0 Å². The molecule has 7 heteroatoms. The van der Waals surface area contributed by atoms with E-state index in [-0.39, 0.29) is 24.0 Å². The average Bonchev–Trinajstić information content (AvgIpc) is 2.73. The molecular formula is C21H30IN3O3. The van der Waals surface area contributed by atoms with Crippen molar-refractivity contribution in [1.29, 1.82) is 0 Å². The highest BCUT2D eigenvalue weighted by Crippen LogP contribution is 2.16. The molecule has 0 atom stereocenters. The molecule has 0 aliphatic heterocycles. The van der Waals surface area contributed by atoms with Gasteiger partial charge in [0, 0.05) is 13.6 Å². The zero-order valence-corrected chi connectivity index (χ0v) is 19.1. The molecule has 0 unspecified atom stereocenters. The lowest BCUT2D eigenvalue weighted by atomic mass is 10.1. The lowest BCUT2D eigenvalue weighted by Gasteiger charge is -2.12. The topological polar surface area (TPSA) is 64.1 Å². The number of aryl methyl sites for hydroxylation is 1. The molecular weight excluding hydrogens is 469 g/mol. The Kier molecular flexibility index (Phi) is 11.9. The fourth-order valence-electron chi connectivity index (χ4n) is 2.52. The van der Waals surface area contributed by atoms with Crippen molar-refractivity contribution in [2.24, 2.45) is 4.99 Å². The van der Waals surface area contributed by atoms with Crippen LogP contribution in [0.1, 0.15) is 12.0 Å². The fourth-order valence-corrected chi connectivity index (χ4v) is 2.52. The Morgan fingerprint density at radius 3 is 1.93 bits per heavy atom. The van der Waals surface area contributed by atoms with Crippen molar-refractivity contribution in [3.8, 4) is 17.2 Å². The van der Waals surface area contributed by atoms with Crippen LogP contribution in [0.15, 0.2) is 53.5 Å². The number of guanidine groups is 1. The third-order valence-electron chi connectivity index (χ3n) is 4.04. The van der Waals surface area contributed by atoms with Crippen LogP contribution in [0.4, 0.5) is 0 Å². The molecule has 0 saturated heterocycles. The molecule has 0 aliphatic rings. The summed E-state index contributed by atoms with van der Waals surface area (Å²) in [6.45, 7) is 2.08. The molecule has 0 heterocycles. The largest absolute Gasteiger partial charge is 0.497 e. The zero-order valence-electron chi connectivity index (χ0n) is 16.7. The van der Waals surface area contributed by atoms with E-state index >= 15 is 0 Å². The summed E-state index contributed by atoms with van der Waals surface area (Å²) in [5, 5.41) is 6.57. The summed E-state index contributed by atoms with van der Waals surface area (Å²) in [5.74, 6) is 3.31. The molecule has 0 aromatic heterocycles. The van der Waals surface area contributed by atoms with E-state index in [0.717, 1.165) is 42.6 Å². The average molecular weight is 499 g/mol. The fraction of sp³-hybridized carbons (Fsp3) is 0.381. The molecule has 0 aliphatic carbocycles. The van der Waals surface area contributed by atoms with Gasteiger partial charge in [-0.25, -0.2) is 0 Å². The maximum Gasteiger partial charge on any atom is 0.191 e. The van der Waals surface area contributed by atoms with Gasteiger partial charge < -0.3 is 24.8 Å². The Bertz CT molecular complexity index is 634. The second kappa shape index (κ2) is 13.9. The second-order valence-electron chi connectivity index (χ2n) is 5.90. The summed E-state index contributed by atoms with van der Waals surface area (Å²) in [6, 6.07) is 15.7. The lowest BCUT2D eigenvalue weighted by molar-refractivity contribution is 0.321. The number of hydrogen-bond donors (Lipinski definition) is 2. The summed E-state index contributed by atoms with van der Waals surface area (Å²) in [7, 11) is 5.10. The van der Waals surface area contributed by atoms with Crippen molar-refractivity contribution in [3.05, 3.63) is 54.1 Å². The van der Waals surface area contributed by atoms with Gasteiger partial charge in [-0.05, 0) is 54.8 Å². The van der Waals surface area contributed by atoms with E-state index in [2.05, 4.69) is 27.8 Å². The number of aliphatic imine (C=N–C) groups is 1. The summed E-state index contributed by atoms with van der Waals surface area (Å²) in [6.07, 6.45) is 2.03. The number of methoxy groups -OCH3 is 2. The summed E-state index contributed by atoms with van der Waals surface area (Å²) < 4.78 is 16.0. The summed E-state index contributed by atoms with van der Waals surface area (Å²) in [5.41, 5.74) is 1.30. The molecule has 154 valence electrons. The maximum atomic E-state index is 5.69. The van der Waals surface area contributed by atoms with Gasteiger partial charge in [0.1, 0.15) is 23.9 Å². The normalized spacial score (nSPS) is 10.6. The first kappa shape index (κ1) is 23.9. The SMILES string of the molecule is CN=C(NCCCc1ccc(OC)cc1)NCCOc1ccc(OC)cc1.I. The van der Waals surface area contributed by atoms with Crippen molar-refractivity contribution < 1.29 is 14.2 Å². The number of halogens is 1. The molecule has 0 spiro atoms. The van der Waals surface area contributed by atoms with Crippen molar-refractivity contribution in [1.82, 2.24) is 10.6 Å². The predicted octanol–water partition coefficient (Wildman–Crippen LogP) is 3.50. The van der Waals surface area contributed by atoms with E-state index in [1.165, 1.54) is 5.56 Å². The Morgan fingerprint density at radius 1 is 0.821 bits per heavy atom. The van der Waals surface area contributed by atoms with Gasteiger partial charge in [-0.2, -0.15) is 0 Å². The first-order valence-corrected chi connectivity index (χ1v) is 9.09. The smallest absolute Gasteiger partial charge is 0.191 e. The number of rotatable bonds is 10. The minimum Gasteiger partial charge on any atom is -0.497 e. The third-order valence-corrected chi connectivity index (χ3v) is 4.04. The molecule has 0 radical (unpaired) electrons. The third kappa shape index (κ3) is 8.69. The van der Waals surface area contributed by atoms with Gasteiger partial charge in [-0.15, -0.1) is 24.0 Å². The first-order chi connectivity index (χ1) is 13.2. The van der Waals surface area contributed by atoms with E-state index < -0.39 is 0 Å². The number of nitrogens with zero attached hydrogens (tertiary/aromatic N) is 1. The quantitative estimate of drug-likeness (QED) is 0.227. The van der Waals surface area contributed by atoms with Crippen LogP contribution in [0.3, 0.4) is 0 Å².